The number of aromatic nitrogens is 2. The molecule has 1 aliphatic rings. The quantitative estimate of drug-likeness (QED) is 0.663. The highest BCUT2D eigenvalue weighted by Crippen LogP contribution is 2.28. The predicted molar refractivity (Wildman–Crippen MR) is 111 cm³/mol. The molecule has 0 saturated carbocycles. The summed E-state index contributed by atoms with van der Waals surface area (Å²) in [5.41, 5.74) is 7.83. The number of carbonyl (C=O) groups excluding carboxylic acids is 1. The first kappa shape index (κ1) is 18.4. The van der Waals surface area contributed by atoms with Gasteiger partial charge in [-0.3, -0.25) is 4.79 Å². The molecule has 1 aromatic heterocycles. The van der Waals surface area contributed by atoms with Crippen molar-refractivity contribution in [2.24, 2.45) is 5.73 Å². The summed E-state index contributed by atoms with van der Waals surface area (Å²) < 4.78 is 0. The largest absolute Gasteiger partial charge is 0.366 e. The molecule has 3 aromatic rings. The van der Waals surface area contributed by atoms with Crippen LogP contribution in [0.25, 0.3) is 10.9 Å². The number of fused-ring (bicyclic) bond motifs is 1. The Labute approximate surface area is 164 Å². The van der Waals surface area contributed by atoms with Crippen molar-refractivity contribution in [2.45, 2.75) is 25.8 Å². The summed E-state index contributed by atoms with van der Waals surface area (Å²) in [6.07, 6.45) is 1.93. The van der Waals surface area contributed by atoms with Crippen LogP contribution in [0.2, 0.25) is 0 Å². The standard InChI is InChI=1S/C22H25N5O/c1-2-19-25-20-16(21(23)28)10-6-11-17(20)22(26-19)24-18(14-27-12-7-13-27)15-8-4-3-5-9-15/h3-6,8-11,18H,2,7,12-14H2,1H3,(H2,23,28)(H,24,25,26)/t18-/m1/s1. The van der Waals surface area contributed by atoms with Gasteiger partial charge in [0.25, 0.3) is 5.91 Å². The number of likely N-dealkylation sites (tertiary alicyclic amines) is 1. The van der Waals surface area contributed by atoms with Crippen LogP contribution in [0.15, 0.2) is 48.5 Å². The monoisotopic (exact) mass is 375 g/mol. The molecule has 0 radical (unpaired) electrons. The molecule has 0 unspecified atom stereocenters. The highest BCUT2D eigenvalue weighted by atomic mass is 16.1. The lowest BCUT2D eigenvalue weighted by Crippen LogP contribution is -2.41. The van der Waals surface area contributed by atoms with Gasteiger partial charge in [0, 0.05) is 18.4 Å². The number of para-hydroxylation sites is 1. The van der Waals surface area contributed by atoms with Gasteiger partial charge in [0.2, 0.25) is 0 Å². The SMILES string of the molecule is CCc1nc(N[C@H](CN2CCC2)c2ccccc2)c2cccc(C(N)=O)c2n1. The summed E-state index contributed by atoms with van der Waals surface area (Å²) in [5, 5.41) is 4.45. The minimum absolute atomic E-state index is 0.0986. The second-order valence-corrected chi connectivity index (χ2v) is 7.17. The fourth-order valence-corrected chi connectivity index (χ4v) is 3.57. The molecule has 3 N–H and O–H groups in total. The number of aryl methyl sites for hydroxylation is 1. The van der Waals surface area contributed by atoms with Crippen molar-refractivity contribution >= 4 is 22.6 Å². The van der Waals surface area contributed by atoms with Crippen molar-refractivity contribution in [2.75, 3.05) is 25.0 Å². The number of benzene rings is 2. The number of anilines is 1. The number of nitrogens with two attached hydrogens (primary N) is 1. The van der Waals surface area contributed by atoms with E-state index in [1.54, 1.807) is 6.07 Å². The lowest BCUT2D eigenvalue weighted by molar-refractivity contribution is 0.100. The molecule has 6 nitrogen and oxygen atoms in total. The van der Waals surface area contributed by atoms with Crippen molar-refractivity contribution in [3.8, 4) is 0 Å². The van der Waals surface area contributed by atoms with Gasteiger partial charge in [-0.15, -0.1) is 0 Å². The molecule has 1 fully saturated rings. The average Bonchev–Trinajstić information content (AvgIpc) is 2.69. The van der Waals surface area contributed by atoms with Crippen LogP contribution in [0.3, 0.4) is 0 Å². The van der Waals surface area contributed by atoms with Crippen LogP contribution < -0.4 is 11.1 Å². The van der Waals surface area contributed by atoms with Gasteiger partial charge in [0.05, 0.1) is 17.1 Å². The van der Waals surface area contributed by atoms with Crippen LogP contribution >= 0.6 is 0 Å². The predicted octanol–water partition coefficient (Wildman–Crippen LogP) is 3.15. The summed E-state index contributed by atoms with van der Waals surface area (Å²) in [6.45, 7) is 5.17. The van der Waals surface area contributed by atoms with Gasteiger partial charge in [0.1, 0.15) is 11.6 Å². The van der Waals surface area contributed by atoms with Crippen LogP contribution in [0.5, 0.6) is 0 Å². The van der Waals surface area contributed by atoms with Crippen molar-refractivity contribution in [1.29, 1.82) is 0 Å². The van der Waals surface area contributed by atoms with Crippen LogP contribution in [0.4, 0.5) is 5.82 Å². The van der Waals surface area contributed by atoms with E-state index in [1.807, 2.05) is 25.1 Å². The topological polar surface area (TPSA) is 84.1 Å². The molecule has 0 aliphatic carbocycles. The van der Waals surface area contributed by atoms with Crippen molar-refractivity contribution in [3.05, 3.63) is 65.5 Å². The fraction of sp³-hybridized carbons (Fsp3) is 0.318. The fourth-order valence-electron chi connectivity index (χ4n) is 3.57. The summed E-state index contributed by atoms with van der Waals surface area (Å²) >= 11 is 0. The zero-order chi connectivity index (χ0) is 19.5. The molecule has 1 saturated heterocycles. The third kappa shape index (κ3) is 3.68. The van der Waals surface area contributed by atoms with E-state index in [0.29, 0.717) is 23.3 Å². The molecule has 2 heterocycles. The molecule has 28 heavy (non-hydrogen) atoms. The normalized spacial score (nSPS) is 15.2. The van der Waals surface area contributed by atoms with Crippen LogP contribution in [0, 0.1) is 0 Å². The van der Waals surface area contributed by atoms with Gasteiger partial charge in [0.15, 0.2) is 0 Å². The first-order valence-corrected chi connectivity index (χ1v) is 9.79. The number of rotatable bonds is 7. The number of hydrogen-bond donors (Lipinski definition) is 2. The molecule has 0 spiro atoms. The van der Waals surface area contributed by atoms with E-state index in [4.69, 9.17) is 10.7 Å². The van der Waals surface area contributed by atoms with Crippen molar-refractivity contribution in [3.63, 3.8) is 0 Å². The van der Waals surface area contributed by atoms with Gasteiger partial charge in [-0.2, -0.15) is 0 Å². The first-order valence-electron chi connectivity index (χ1n) is 9.79. The summed E-state index contributed by atoms with van der Waals surface area (Å²) in [5.74, 6) is 0.969. The van der Waals surface area contributed by atoms with Crippen LogP contribution in [-0.2, 0) is 6.42 Å². The maximum Gasteiger partial charge on any atom is 0.250 e. The minimum atomic E-state index is -0.475. The van der Waals surface area contributed by atoms with Gasteiger partial charge < -0.3 is 16.0 Å². The molecule has 4 rings (SSSR count). The highest BCUT2D eigenvalue weighted by Gasteiger charge is 2.22. The second-order valence-electron chi connectivity index (χ2n) is 7.17. The summed E-state index contributed by atoms with van der Waals surface area (Å²) in [7, 11) is 0. The maximum absolute atomic E-state index is 11.9. The molecular formula is C22H25N5O. The Morgan fingerprint density at radius 2 is 1.93 bits per heavy atom. The van der Waals surface area contributed by atoms with Gasteiger partial charge in [-0.25, -0.2) is 9.97 Å². The van der Waals surface area contributed by atoms with E-state index >= 15 is 0 Å². The Hall–Kier alpha value is -2.99. The van der Waals surface area contributed by atoms with Gasteiger partial charge in [-0.05, 0) is 37.2 Å². The molecule has 144 valence electrons. The second kappa shape index (κ2) is 7.94. The van der Waals surface area contributed by atoms with E-state index in [9.17, 15) is 4.79 Å². The Morgan fingerprint density at radius 3 is 2.57 bits per heavy atom. The summed E-state index contributed by atoms with van der Waals surface area (Å²) in [4.78, 5) is 23.7. The molecule has 1 amide bonds. The van der Waals surface area contributed by atoms with E-state index in [1.165, 1.54) is 12.0 Å². The number of nitrogens with zero attached hydrogens (tertiary/aromatic N) is 3. The maximum atomic E-state index is 11.9. The minimum Gasteiger partial charge on any atom is -0.366 e. The Balaban J connectivity index is 1.77. The van der Waals surface area contributed by atoms with Gasteiger partial charge >= 0.3 is 0 Å². The zero-order valence-corrected chi connectivity index (χ0v) is 16.1. The smallest absolute Gasteiger partial charge is 0.250 e. The third-order valence-corrected chi connectivity index (χ3v) is 5.26. The van der Waals surface area contributed by atoms with Crippen LogP contribution in [0.1, 0.15) is 41.1 Å². The highest BCUT2D eigenvalue weighted by molar-refractivity contribution is 6.07. The molecule has 1 atom stereocenters. The molecule has 0 bridgehead atoms. The number of primary amides is 1. The number of carbonyl (C=O) groups is 1. The van der Waals surface area contributed by atoms with Crippen LogP contribution in [-0.4, -0.2) is 40.4 Å². The number of amides is 1. The molecular weight excluding hydrogens is 350 g/mol. The van der Waals surface area contributed by atoms with Gasteiger partial charge in [-0.1, -0.05) is 43.3 Å². The molecule has 6 heteroatoms. The van der Waals surface area contributed by atoms with E-state index in [-0.39, 0.29) is 6.04 Å². The Kier molecular flexibility index (Phi) is 5.21. The lowest BCUT2D eigenvalue weighted by Gasteiger charge is -2.35. The summed E-state index contributed by atoms with van der Waals surface area (Å²) in [6, 6.07) is 16.0. The average molecular weight is 375 g/mol. The number of nitrogens with one attached hydrogen (secondary N) is 1. The third-order valence-electron chi connectivity index (χ3n) is 5.26. The Morgan fingerprint density at radius 1 is 1.14 bits per heavy atom. The first-order chi connectivity index (χ1) is 13.7. The lowest BCUT2D eigenvalue weighted by atomic mass is 10.0. The molecule has 1 aliphatic heterocycles. The van der Waals surface area contributed by atoms with Crippen molar-refractivity contribution in [1.82, 2.24) is 14.9 Å². The van der Waals surface area contributed by atoms with E-state index in [2.05, 4.69) is 39.5 Å². The van der Waals surface area contributed by atoms with E-state index in [0.717, 1.165) is 30.8 Å². The van der Waals surface area contributed by atoms with E-state index < -0.39 is 5.91 Å². The van der Waals surface area contributed by atoms with Crippen molar-refractivity contribution < 1.29 is 4.79 Å². The molecule has 2 aromatic carbocycles. The zero-order valence-electron chi connectivity index (χ0n) is 16.1. The Bertz CT molecular complexity index is 985. The number of hydrogen-bond acceptors (Lipinski definition) is 5.